The summed E-state index contributed by atoms with van der Waals surface area (Å²) in [7, 11) is 0. The highest BCUT2D eigenvalue weighted by Gasteiger charge is 2.32. The largest absolute Gasteiger partial charge is 0.508 e. The van der Waals surface area contributed by atoms with Crippen molar-refractivity contribution in [3.63, 3.8) is 0 Å². The number of carbonyl (C=O) groups excluding carboxylic acids is 4. The number of hydrogen-bond donors (Lipinski definition) is 3. The van der Waals surface area contributed by atoms with Crippen LogP contribution >= 0.6 is 0 Å². The summed E-state index contributed by atoms with van der Waals surface area (Å²) in [6.07, 6.45) is 2.72. The molecule has 1 atom stereocenters. The quantitative estimate of drug-likeness (QED) is 0.259. The van der Waals surface area contributed by atoms with Gasteiger partial charge in [0.05, 0.1) is 13.0 Å². The van der Waals surface area contributed by atoms with Crippen molar-refractivity contribution in [2.45, 2.75) is 78.4 Å². The Labute approximate surface area is 213 Å². The number of nitrogens with one attached hydrogen (secondary N) is 2. The van der Waals surface area contributed by atoms with E-state index < -0.39 is 35.5 Å². The minimum Gasteiger partial charge on any atom is -0.508 e. The van der Waals surface area contributed by atoms with Crippen LogP contribution in [0.25, 0.3) is 0 Å². The lowest BCUT2D eigenvalue weighted by Crippen LogP contribution is -2.48. The highest BCUT2D eigenvalue weighted by molar-refractivity contribution is 5.90. The normalized spacial score (nSPS) is 11.8. The first-order valence-electron chi connectivity index (χ1n) is 12.5. The van der Waals surface area contributed by atoms with E-state index in [9.17, 15) is 24.3 Å². The Balaban J connectivity index is 3.14. The Morgan fingerprint density at radius 1 is 1.06 bits per heavy atom. The number of alkyl carbamates (subject to hydrolysis) is 1. The number of ether oxygens (including phenoxy) is 2. The van der Waals surface area contributed by atoms with Gasteiger partial charge in [0.2, 0.25) is 11.8 Å². The molecule has 0 aliphatic rings. The van der Waals surface area contributed by atoms with Crippen molar-refractivity contribution in [3.8, 4) is 5.75 Å². The first-order valence-corrected chi connectivity index (χ1v) is 12.5. The molecule has 1 aromatic carbocycles. The molecule has 3 N–H and O–H groups in total. The standard InChI is InChI=1S/C26H41N3O7/c1-6-8-9-10-16-29(21(31)18-28-25(34)36-26(3,4)5)23(19-12-11-13-20(30)17-19)24(33)27-15-14-22(32)35-7-2/h11-13,17,23,30H,6-10,14-16,18H2,1-5H3,(H,27,33)(H,28,34). The van der Waals surface area contributed by atoms with Crippen molar-refractivity contribution in [1.29, 1.82) is 0 Å². The van der Waals surface area contributed by atoms with Gasteiger partial charge in [0, 0.05) is 13.1 Å². The zero-order chi connectivity index (χ0) is 27.1. The molecule has 0 spiro atoms. The van der Waals surface area contributed by atoms with Crippen LogP contribution in [0, 0.1) is 0 Å². The van der Waals surface area contributed by atoms with E-state index in [4.69, 9.17) is 9.47 Å². The van der Waals surface area contributed by atoms with Gasteiger partial charge in [-0.3, -0.25) is 14.4 Å². The molecule has 0 aliphatic heterocycles. The zero-order valence-electron chi connectivity index (χ0n) is 22.1. The van der Waals surface area contributed by atoms with Crippen molar-refractivity contribution in [2.75, 3.05) is 26.2 Å². The van der Waals surface area contributed by atoms with E-state index in [1.165, 1.54) is 17.0 Å². The van der Waals surface area contributed by atoms with Crippen molar-refractivity contribution in [2.24, 2.45) is 0 Å². The second-order valence-corrected chi connectivity index (χ2v) is 9.35. The van der Waals surface area contributed by atoms with Crippen LogP contribution in [0.3, 0.4) is 0 Å². The lowest BCUT2D eigenvalue weighted by Gasteiger charge is -2.32. The summed E-state index contributed by atoms with van der Waals surface area (Å²) in [5, 5.41) is 15.2. The summed E-state index contributed by atoms with van der Waals surface area (Å²) in [5.74, 6) is -1.49. The van der Waals surface area contributed by atoms with Crippen LogP contribution in [0.5, 0.6) is 5.75 Å². The van der Waals surface area contributed by atoms with Crippen LogP contribution in [0.4, 0.5) is 4.79 Å². The molecule has 1 rings (SSSR count). The Hall–Kier alpha value is -3.30. The van der Waals surface area contributed by atoms with Crippen LogP contribution in [0.2, 0.25) is 0 Å². The maximum absolute atomic E-state index is 13.3. The molecule has 1 aromatic rings. The number of benzene rings is 1. The van der Waals surface area contributed by atoms with Crippen molar-refractivity contribution < 1.29 is 33.8 Å². The molecule has 0 radical (unpaired) electrons. The lowest BCUT2D eigenvalue weighted by molar-refractivity contribution is -0.143. The molecule has 0 fully saturated rings. The molecule has 36 heavy (non-hydrogen) atoms. The van der Waals surface area contributed by atoms with Gasteiger partial charge in [-0.15, -0.1) is 0 Å². The van der Waals surface area contributed by atoms with Crippen molar-refractivity contribution >= 4 is 23.9 Å². The molecule has 10 nitrogen and oxygen atoms in total. The van der Waals surface area contributed by atoms with Gasteiger partial charge in [-0.25, -0.2) is 4.79 Å². The Morgan fingerprint density at radius 3 is 2.39 bits per heavy atom. The maximum Gasteiger partial charge on any atom is 0.408 e. The van der Waals surface area contributed by atoms with E-state index in [0.717, 1.165) is 19.3 Å². The van der Waals surface area contributed by atoms with Gasteiger partial charge in [-0.1, -0.05) is 38.3 Å². The van der Waals surface area contributed by atoms with Gasteiger partial charge in [0.1, 0.15) is 23.9 Å². The van der Waals surface area contributed by atoms with Gasteiger partial charge in [-0.2, -0.15) is 0 Å². The average Bonchev–Trinajstić information content (AvgIpc) is 2.78. The number of rotatable bonds is 14. The van der Waals surface area contributed by atoms with Gasteiger partial charge in [-0.05, 0) is 51.8 Å². The van der Waals surface area contributed by atoms with Gasteiger partial charge in [0.25, 0.3) is 0 Å². The summed E-state index contributed by atoms with van der Waals surface area (Å²) in [6.45, 7) is 9.08. The van der Waals surface area contributed by atoms with E-state index >= 15 is 0 Å². The fraction of sp³-hybridized carbons (Fsp3) is 0.615. The number of amides is 3. The SMILES string of the molecule is CCCCCCN(C(=O)CNC(=O)OC(C)(C)C)C(C(=O)NCCC(=O)OCC)c1cccc(O)c1. The van der Waals surface area contributed by atoms with Gasteiger partial charge >= 0.3 is 12.1 Å². The molecule has 10 heteroatoms. The van der Waals surface area contributed by atoms with Crippen LogP contribution < -0.4 is 10.6 Å². The summed E-state index contributed by atoms with van der Waals surface area (Å²) in [4.78, 5) is 51.8. The molecule has 202 valence electrons. The van der Waals surface area contributed by atoms with Gasteiger partial charge in [0.15, 0.2) is 0 Å². The predicted molar refractivity (Wildman–Crippen MR) is 135 cm³/mol. The van der Waals surface area contributed by atoms with Crippen molar-refractivity contribution in [1.82, 2.24) is 15.5 Å². The minimum atomic E-state index is -1.08. The van der Waals surface area contributed by atoms with E-state index in [0.29, 0.717) is 12.0 Å². The van der Waals surface area contributed by atoms with Crippen LogP contribution in [-0.4, -0.2) is 65.7 Å². The molecule has 0 heterocycles. The number of phenols is 1. The molecule has 0 bridgehead atoms. The number of aromatic hydroxyl groups is 1. The summed E-state index contributed by atoms with van der Waals surface area (Å²) in [5.41, 5.74) is -0.319. The number of hydrogen-bond acceptors (Lipinski definition) is 7. The second-order valence-electron chi connectivity index (χ2n) is 9.35. The van der Waals surface area contributed by atoms with Crippen LogP contribution in [0.15, 0.2) is 24.3 Å². The van der Waals surface area contributed by atoms with E-state index in [2.05, 4.69) is 17.6 Å². The highest BCUT2D eigenvalue weighted by Crippen LogP contribution is 2.25. The average molecular weight is 508 g/mol. The molecule has 3 amide bonds. The third-order valence-corrected chi connectivity index (χ3v) is 5.04. The number of nitrogens with zero attached hydrogens (tertiary/aromatic N) is 1. The first kappa shape index (κ1) is 30.7. The summed E-state index contributed by atoms with van der Waals surface area (Å²) >= 11 is 0. The van der Waals surface area contributed by atoms with E-state index in [1.54, 1.807) is 39.8 Å². The molecule has 0 aliphatic carbocycles. The number of esters is 1. The summed E-state index contributed by atoms with van der Waals surface area (Å²) in [6, 6.07) is 5.04. The number of phenolic OH excluding ortho intramolecular Hbond substituents is 1. The Morgan fingerprint density at radius 2 is 1.78 bits per heavy atom. The molecule has 0 saturated carbocycles. The lowest BCUT2D eigenvalue weighted by atomic mass is 10.0. The fourth-order valence-electron chi connectivity index (χ4n) is 3.46. The molecular weight excluding hydrogens is 466 g/mol. The second kappa shape index (κ2) is 15.6. The minimum absolute atomic E-state index is 0.0169. The molecule has 0 aromatic heterocycles. The number of carbonyl (C=O) groups is 4. The fourth-order valence-corrected chi connectivity index (χ4v) is 3.46. The third-order valence-electron chi connectivity index (χ3n) is 5.04. The van der Waals surface area contributed by atoms with Gasteiger partial charge < -0.3 is 30.1 Å². The topological polar surface area (TPSA) is 134 Å². The monoisotopic (exact) mass is 507 g/mol. The smallest absolute Gasteiger partial charge is 0.408 e. The Kier molecular flexibility index (Phi) is 13.4. The highest BCUT2D eigenvalue weighted by atomic mass is 16.6. The molecular formula is C26H41N3O7. The van der Waals surface area contributed by atoms with Crippen LogP contribution in [-0.2, 0) is 23.9 Å². The zero-order valence-corrected chi connectivity index (χ0v) is 22.1. The Bertz CT molecular complexity index is 867. The predicted octanol–water partition coefficient (Wildman–Crippen LogP) is 3.44. The maximum atomic E-state index is 13.3. The molecule has 1 unspecified atom stereocenters. The first-order chi connectivity index (χ1) is 17.0. The van der Waals surface area contributed by atoms with E-state index in [-0.39, 0.29) is 38.4 Å². The number of unbranched alkanes of at least 4 members (excludes halogenated alkanes) is 3. The third kappa shape index (κ3) is 11.9. The molecule has 0 saturated heterocycles. The van der Waals surface area contributed by atoms with Crippen LogP contribution in [0.1, 0.15) is 78.3 Å². The van der Waals surface area contributed by atoms with E-state index in [1.807, 2.05) is 0 Å². The van der Waals surface area contributed by atoms with Crippen molar-refractivity contribution in [3.05, 3.63) is 29.8 Å². The summed E-state index contributed by atoms with van der Waals surface area (Å²) < 4.78 is 10.1.